The molecule has 1 aromatic heterocycles. The summed E-state index contributed by atoms with van der Waals surface area (Å²) in [5, 5.41) is 7.77. The van der Waals surface area contributed by atoms with Crippen molar-refractivity contribution in [3.63, 3.8) is 0 Å². The number of aryl methyl sites for hydroxylation is 2. The standard InChI is InChI=1S/C15H17N3OS/c1-9-3-4-12(7-10(9)2)13(19)8-20-15-16-14(17-18-15)11-5-6-11/h3-4,7,11H,5-6,8H2,1-2H3,(H,16,17,18). The van der Waals surface area contributed by atoms with Crippen molar-refractivity contribution in [2.24, 2.45) is 0 Å². The van der Waals surface area contributed by atoms with Crippen LogP contribution in [0.15, 0.2) is 23.4 Å². The zero-order valence-electron chi connectivity index (χ0n) is 11.6. The third-order valence-electron chi connectivity index (χ3n) is 3.61. The van der Waals surface area contributed by atoms with E-state index in [4.69, 9.17) is 0 Å². The second kappa shape index (κ2) is 5.40. The van der Waals surface area contributed by atoms with Gasteiger partial charge in [0.2, 0.25) is 5.16 Å². The predicted molar refractivity (Wildman–Crippen MR) is 79.3 cm³/mol. The maximum Gasteiger partial charge on any atom is 0.208 e. The molecule has 3 rings (SSSR count). The molecule has 1 N–H and O–H groups in total. The van der Waals surface area contributed by atoms with Crippen LogP contribution in [0, 0.1) is 13.8 Å². The first-order chi connectivity index (χ1) is 9.63. The van der Waals surface area contributed by atoms with Gasteiger partial charge in [-0.3, -0.25) is 9.89 Å². The number of hydrogen-bond acceptors (Lipinski definition) is 4. The summed E-state index contributed by atoms with van der Waals surface area (Å²) >= 11 is 1.40. The van der Waals surface area contributed by atoms with E-state index in [-0.39, 0.29) is 5.78 Å². The number of ketones is 1. The van der Waals surface area contributed by atoms with Crippen LogP contribution in [-0.2, 0) is 0 Å². The van der Waals surface area contributed by atoms with Crippen LogP contribution in [-0.4, -0.2) is 26.7 Å². The number of nitrogens with zero attached hydrogens (tertiary/aromatic N) is 2. The second-order valence-corrected chi connectivity index (χ2v) is 6.23. The van der Waals surface area contributed by atoms with E-state index < -0.39 is 0 Å². The van der Waals surface area contributed by atoms with Gasteiger partial charge in [0, 0.05) is 11.5 Å². The summed E-state index contributed by atoms with van der Waals surface area (Å²) in [5.41, 5.74) is 3.12. The molecule has 0 bridgehead atoms. The van der Waals surface area contributed by atoms with Crippen LogP contribution in [0.4, 0.5) is 0 Å². The van der Waals surface area contributed by atoms with Gasteiger partial charge in [-0.1, -0.05) is 23.9 Å². The highest BCUT2D eigenvalue weighted by molar-refractivity contribution is 7.99. The lowest BCUT2D eigenvalue weighted by atomic mass is 10.0. The van der Waals surface area contributed by atoms with Crippen LogP contribution in [0.3, 0.4) is 0 Å². The third-order valence-corrected chi connectivity index (χ3v) is 4.45. The van der Waals surface area contributed by atoms with Gasteiger partial charge in [0.1, 0.15) is 5.82 Å². The second-order valence-electron chi connectivity index (χ2n) is 5.29. The minimum atomic E-state index is 0.121. The molecule has 0 spiro atoms. The van der Waals surface area contributed by atoms with Gasteiger partial charge in [-0.2, -0.15) is 0 Å². The normalized spacial score (nSPS) is 14.5. The smallest absolute Gasteiger partial charge is 0.208 e. The number of nitrogens with one attached hydrogen (secondary N) is 1. The Bertz CT molecular complexity index is 646. The Morgan fingerprint density at radius 1 is 1.35 bits per heavy atom. The number of carbonyl (C=O) groups is 1. The van der Waals surface area contributed by atoms with E-state index in [1.807, 2.05) is 32.0 Å². The van der Waals surface area contributed by atoms with Crippen LogP contribution >= 0.6 is 11.8 Å². The molecule has 0 amide bonds. The first-order valence-corrected chi connectivity index (χ1v) is 7.77. The molecule has 1 fully saturated rings. The molecule has 0 saturated heterocycles. The topological polar surface area (TPSA) is 58.6 Å². The minimum absolute atomic E-state index is 0.121. The maximum atomic E-state index is 12.1. The zero-order valence-corrected chi connectivity index (χ0v) is 12.5. The average Bonchev–Trinajstić information content (AvgIpc) is 3.18. The number of carbonyl (C=O) groups excluding carboxylic acids is 1. The summed E-state index contributed by atoms with van der Waals surface area (Å²) in [4.78, 5) is 16.6. The van der Waals surface area contributed by atoms with Crippen LogP contribution in [0.2, 0.25) is 0 Å². The molecule has 1 aliphatic carbocycles. The van der Waals surface area contributed by atoms with E-state index in [1.165, 1.54) is 30.2 Å². The van der Waals surface area contributed by atoms with Crippen LogP contribution < -0.4 is 0 Å². The molecule has 5 heteroatoms. The van der Waals surface area contributed by atoms with E-state index >= 15 is 0 Å². The number of hydrogen-bond donors (Lipinski definition) is 1. The SMILES string of the molecule is Cc1ccc(C(=O)CSc2n[nH]c(C3CC3)n2)cc1C. The van der Waals surface area contributed by atoms with E-state index in [1.54, 1.807) is 0 Å². The summed E-state index contributed by atoms with van der Waals surface area (Å²) in [6.45, 7) is 4.07. The van der Waals surface area contributed by atoms with Gasteiger partial charge in [-0.15, -0.1) is 5.10 Å². The maximum absolute atomic E-state index is 12.1. The fourth-order valence-electron chi connectivity index (χ4n) is 1.99. The summed E-state index contributed by atoms with van der Waals surface area (Å²) in [5.74, 6) is 2.03. The van der Waals surface area contributed by atoms with E-state index in [9.17, 15) is 4.79 Å². The molecule has 2 aromatic rings. The Hall–Kier alpha value is -1.62. The molecule has 0 unspecified atom stereocenters. The molecular formula is C15H17N3OS. The van der Waals surface area contributed by atoms with E-state index in [0.717, 1.165) is 17.0 Å². The van der Waals surface area contributed by atoms with Gasteiger partial charge >= 0.3 is 0 Å². The predicted octanol–water partition coefficient (Wildman–Crippen LogP) is 3.27. The largest absolute Gasteiger partial charge is 0.293 e. The molecule has 104 valence electrons. The third kappa shape index (κ3) is 2.93. The Kier molecular flexibility index (Phi) is 3.61. The number of thioether (sulfide) groups is 1. The first kappa shape index (κ1) is 13.4. The number of H-pyrrole nitrogens is 1. The average molecular weight is 287 g/mol. The van der Waals surface area contributed by atoms with Gasteiger partial charge in [0.15, 0.2) is 5.78 Å². The lowest BCUT2D eigenvalue weighted by molar-refractivity contribution is 0.102. The Morgan fingerprint density at radius 3 is 2.85 bits per heavy atom. The molecule has 0 radical (unpaired) electrons. The zero-order chi connectivity index (χ0) is 14.1. The summed E-state index contributed by atoms with van der Waals surface area (Å²) in [6, 6.07) is 5.83. The van der Waals surface area contributed by atoms with Crippen molar-refractivity contribution >= 4 is 17.5 Å². The first-order valence-electron chi connectivity index (χ1n) is 6.79. The Labute approximate surface area is 122 Å². The highest BCUT2D eigenvalue weighted by Gasteiger charge is 2.27. The molecule has 0 aliphatic heterocycles. The van der Waals surface area contributed by atoms with Crippen molar-refractivity contribution < 1.29 is 4.79 Å². The van der Waals surface area contributed by atoms with Crippen LogP contribution in [0.5, 0.6) is 0 Å². The van der Waals surface area contributed by atoms with Crippen molar-refractivity contribution in [3.8, 4) is 0 Å². The summed E-state index contributed by atoms with van der Waals surface area (Å²) in [7, 11) is 0. The molecule has 20 heavy (non-hydrogen) atoms. The van der Waals surface area contributed by atoms with Gasteiger partial charge in [-0.25, -0.2) is 4.98 Å². The Morgan fingerprint density at radius 2 is 2.15 bits per heavy atom. The van der Waals surface area contributed by atoms with Gasteiger partial charge in [-0.05, 0) is 43.9 Å². The molecule has 1 saturated carbocycles. The quantitative estimate of drug-likeness (QED) is 0.677. The van der Waals surface area contributed by atoms with Crippen molar-refractivity contribution in [3.05, 3.63) is 40.7 Å². The molecule has 1 heterocycles. The monoisotopic (exact) mass is 287 g/mol. The van der Waals surface area contributed by atoms with Crippen molar-refractivity contribution in [1.82, 2.24) is 15.2 Å². The van der Waals surface area contributed by atoms with Crippen molar-refractivity contribution in [1.29, 1.82) is 0 Å². The lowest BCUT2D eigenvalue weighted by Crippen LogP contribution is -2.03. The van der Waals surface area contributed by atoms with Gasteiger partial charge in [0.25, 0.3) is 0 Å². The Balaban J connectivity index is 1.61. The number of Topliss-reactive ketones (excluding diaryl/α,β-unsaturated/α-hetero) is 1. The van der Waals surface area contributed by atoms with Gasteiger partial charge in [0.05, 0.1) is 5.75 Å². The van der Waals surface area contributed by atoms with E-state index in [0.29, 0.717) is 16.8 Å². The number of rotatable bonds is 5. The molecule has 1 aromatic carbocycles. The highest BCUT2D eigenvalue weighted by Crippen LogP contribution is 2.38. The summed E-state index contributed by atoms with van der Waals surface area (Å²) < 4.78 is 0. The molecule has 1 aliphatic rings. The fourth-order valence-corrected chi connectivity index (χ4v) is 2.69. The van der Waals surface area contributed by atoms with Gasteiger partial charge < -0.3 is 0 Å². The van der Waals surface area contributed by atoms with Crippen LogP contribution in [0.25, 0.3) is 0 Å². The number of aromatic amines is 1. The van der Waals surface area contributed by atoms with Crippen molar-refractivity contribution in [2.75, 3.05) is 5.75 Å². The van der Waals surface area contributed by atoms with Crippen molar-refractivity contribution in [2.45, 2.75) is 37.8 Å². The number of benzene rings is 1. The minimum Gasteiger partial charge on any atom is -0.293 e. The lowest BCUT2D eigenvalue weighted by Gasteiger charge is -2.03. The number of aromatic nitrogens is 3. The van der Waals surface area contributed by atoms with Crippen LogP contribution in [0.1, 0.15) is 46.1 Å². The molecule has 0 atom stereocenters. The van der Waals surface area contributed by atoms with E-state index in [2.05, 4.69) is 15.2 Å². The summed E-state index contributed by atoms with van der Waals surface area (Å²) in [6.07, 6.45) is 2.39. The molecular weight excluding hydrogens is 270 g/mol. The fraction of sp³-hybridized carbons (Fsp3) is 0.400. The molecule has 4 nitrogen and oxygen atoms in total. The highest BCUT2D eigenvalue weighted by atomic mass is 32.2.